The van der Waals surface area contributed by atoms with Gasteiger partial charge in [-0.3, -0.25) is 14.4 Å². The van der Waals surface area contributed by atoms with Crippen LogP contribution in [0.3, 0.4) is 0 Å². The van der Waals surface area contributed by atoms with Gasteiger partial charge >= 0.3 is 129 Å². The van der Waals surface area contributed by atoms with E-state index in [0.29, 0.717) is 11.1 Å². The van der Waals surface area contributed by atoms with Crippen LogP contribution in [-0.2, 0) is 42.7 Å². The number of hydrogen-bond donors (Lipinski definition) is 0. The first-order valence-electron chi connectivity index (χ1n) is 31.7. The molecule has 11 heterocycles. The first-order valence-corrected chi connectivity index (χ1v) is 31.7. The molecule has 34 heteroatoms. The predicted molar refractivity (Wildman–Crippen MR) is 356 cm³/mol. The monoisotopic (exact) mass is 1480 g/mol. The molecule has 1 unspecified atom stereocenters. The van der Waals surface area contributed by atoms with Crippen molar-refractivity contribution in [2.75, 3.05) is 0 Å². The number of rotatable bonds is 3. The van der Waals surface area contributed by atoms with Crippen molar-refractivity contribution in [3.8, 4) is 11.1 Å². The number of fused-ring (bicyclic) bond motifs is 13. The fourth-order valence-electron chi connectivity index (χ4n) is 13.7. The molecule has 34 nitrogen and oxygen atoms in total. The molecule has 9 aliphatic rings. The van der Waals surface area contributed by atoms with Gasteiger partial charge in [-0.05, 0) is 126 Å². The summed E-state index contributed by atoms with van der Waals surface area (Å²) in [5, 5.41) is 0.394. The Morgan fingerprint density at radius 3 is 0.718 bits per heavy atom. The van der Waals surface area contributed by atoms with E-state index in [2.05, 4.69) is 50.8 Å². The van der Waals surface area contributed by atoms with E-state index in [9.17, 15) is 110 Å². The van der Waals surface area contributed by atoms with Crippen LogP contribution in [0.5, 0.6) is 0 Å². The second-order valence-corrected chi connectivity index (χ2v) is 24.8. The Morgan fingerprint density at radius 2 is 0.455 bits per heavy atom. The van der Waals surface area contributed by atoms with Gasteiger partial charge in [0.15, 0.2) is 5.78 Å². The average Bonchev–Trinajstić information content (AvgIpc) is 1.19. The molecule has 7 aliphatic heterocycles. The van der Waals surface area contributed by atoms with E-state index in [0.717, 1.165) is 30.7 Å². The predicted octanol–water partition coefficient (Wildman–Crippen LogP) is 4.47. The van der Waals surface area contributed by atoms with Gasteiger partial charge in [0, 0.05) is 21.9 Å². The molecular weight excluding hydrogens is 1460 g/mol. The number of benzene rings is 8. The van der Waals surface area contributed by atoms with Crippen molar-refractivity contribution >= 4 is 143 Å². The number of ether oxygens (including phenoxy) is 7. The Balaban J connectivity index is 0.000000101. The van der Waals surface area contributed by atoms with E-state index in [4.69, 9.17) is 0 Å². The number of cyclic esters (lactones) is 14. The highest BCUT2D eigenvalue weighted by molar-refractivity contribution is 6.29. The lowest BCUT2D eigenvalue weighted by atomic mass is 9.85. The SMILES string of the molecule is O=C(c1ccc2c(c1)C(=O)OC2=O)c1ccc2c(c1)C(=O)OC2=O.O=C1OC(=O)[C@H]2C3C=C[C@@H](C3)[C@@H]12.O=C1OC(=O)c2cc(-c3ccc4c(c3)C(=O)OC4=O)ccc21.O=C1OC(=O)c2ccc3c4c(ccc1c24)C(=O)OC3=O.O=c1oc(=O)c2cc3c(=O)oc(=O)c3cc12.O=c1oc(=O)c2cc3c(=O)oc(=O)c3cc12. The molecule has 536 valence electrons. The smallest absolute Gasteiger partial charge is 0.346 e. The fraction of sp³-hybridized carbons (Fsp3) is 0.0658. The van der Waals surface area contributed by atoms with Crippen LogP contribution in [-0.4, -0.2) is 89.4 Å². The molecule has 0 spiro atoms. The fourth-order valence-corrected chi connectivity index (χ4v) is 13.7. The van der Waals surface area contributed by atoms with E-state index in [1.54, 1.807) is 12.1 Å². The second-order valence-electron chi connectivity index (χ2n) is 24.8. The Kier molecular flexibility index (Phi) is 15.6. The maximum absolute atomic E-state index is 12.5. The van der Waals surface area contributed by atoms with Gasteiger partial charge in [0.25, 0.3) is 0 Å². The summed E-state index contributed by atoms with van der Waals surface area (Å²) >= 11 is 0. The van der Waals surface area contributed by atoms with Crippen molar-refractivity contribution in [2.45, 2.75) is 6.42 Å². The van der Waals surface area contributed by atoms with E-state index < -0.39 is 122 Å². The second kappa shape index (κ2) is 25.1. The molecule has 1 saturated carbocycles. The maximum atomic E-state index is 12.5. The summed E-state index contributed by atoms with van der Waals surface area (Å²) in [6, 6.07) is 27.4. The Morgan fingerprint density at radius 1 is 0.236 bits per heavy atom. The molecule has 2 fully saturated rings. The number of furan rings is 4. The summed E-state index contributed by atoms with van der Waals surface area (Å²) in [5.41, 5.74) is -3.41. The van der Waals surface area contributed by atoms with Crippen LogP contribution in [0.15, 0.2) is 190 Å². The van der Waals surface area contributed by atoms with Crippen LogP contribution in [0.1, 0.15) is 147 Å². The van der Waals surface area contributed by atoms with E-state index in [1.165, 1.54) is 84.9 Å². The summed E-state index contributed by atoms with van der Waals surface area (Å²) in [4.78, 5) is 263. The third-order valence-corrected chi connectivity index (χ3v) is 18.9. The molecule has 4 aromatic heterocycles. The summed E-state index contributed by atoms with van der Waals surface area (Å²) in [6.07, 6.45) is 5.06. The quantitative estimate of drug-likeness (QED) is 0.0773. The number of hydrogen-bond acceptors (Lipinski definition) is 34. The molecule has 2 bridgehead atoms. The van der Waals surface area contributed by atoms with Gasteiger partial charge in [0.05, 0.1) is 122 Å². The van der Waals surface area contributed by atoms with E-state index in [1.807, 2.05) is 12.2 Å². The molecule has 1 saturated heterocycles. The van der Waals surface area contributed by atoms with Crippen LogP contribution >= 0.6 is 0 Å². The molecule has 2 aliphatic carbocycles. The van der Waals surface area contributed by atoms with Gasteiger partial charge in [0.2, 0.25) is 0 Å². The lowest BCUT2D eigenvalue weighted by Crippen LogP contribution is -2.25. The number of esters is 14. The Labute approximate surface area is 599 Å². The lowest BCUT2D eigenvalue weighted by molar-refractivity contribution is -0.154. The van der Waals surface area contributed by atoms with Crippen molar-refractivity contribution in [1.82, 2.24) is 0 Å². The number of ketones is 1. The van der Waals surface area contributed by atoms with Gasteiger partial charge in [-0.15, -0.1) is 0 Å². The lowest BCUT2D eigenvalue weighted by Gasteiger charge is -2.21. The highest BCUT2D eigenvalue weighted by Gasteiger charge is 2.58. The molecule has 4 atom stereocenters. The minimum atomic E-state index is -0.824. The molecule has 0 amide bonds. The van der Waals surface area contributed by atoms with Crippen molar-refractivity contribution < 1.29 is 123 Å². The van der Waals surface area contributed by atoms with Crippen LogP contribution in [0.2, 0.25) is 0 Å². The molecular formula is C76H28O34. The number of allylic oxidation sites excluding steroid dienone is 2. The Bertz CT molecular complexity index is 6270. The van der Waals surface area contributed by atoms with E-state index in [-0.39, 0.29) is 167 Å². The van der Waals surface area contributed by atoms with Crippen LogP contribution in [0.4, 0.5) is 0 Å². The largest absolute Gasteiger partial charge is 0.393 e. The van der Waals surface area contributed by atoms with E-state index >= 15 is 0 Å². The zero-order chi connectivity index (χ0) is 77.6. The zero-order valence-electron chi connectivity index (χ0n) is 54.1. The summed E-state index contributed by atoms with van der Waals surface area (Å²) in [5.74, 6) is -9.87. The highest BCUT2D eigenvalue weighted by atomic mass is 16.6. The zero-order valence-corrected chi connectivity index (χ0v) is 54.1. The molecule has 0 N–H and O–H groups in total. The molecule has 0 radical (unpaired) electrons. The van der Waals surface area contributed by atoms with Crippen LogP contribution < -0.4 is 45.0 Å². The third kappa shape index (κ3) is 11.0. The van der Waals surface area contributed by atoms with Crippen molar-refractivity contribution in [2.24, 2.45) is 23.7 Å². The Hall–Kier alpha value is -16.0. The highest BCUT2D eigenvalue weighted by Crippen LogP contribution is 2.52. The topological polar surface area (TPSA) is 510 Å². The number of carbonyl (C=O) groups excluding carboxylic acids is 15. The van der Waals surface area contributed by atoms with Crippen LogP contribution in [0, 0.1) is 23.7 Å². The summed E-state index contributed by atoms with van der Waals surface area (Å²) in [6.45, 7) is 0. The summed E-state index contributed by atoms with van der Waals surface area (Å²) < 4.78 is 49.2. The maximum Gasteiger partial charge on any atom is 0.346 e. The van der Waals surface area contributed by atoms with Gasteiger partial charge in [-0.1, -0.05) is 36.4 Å². The summed E-state index contributed by atoms with van der Waals surface area (Å²) in [7, 11) is 0. The van der Waals surface area contributed by atoms with Crippen LogP contribution in [0.25, 0.3) is 65.0 Å². The normalized spacial score (nSPS) is 17.9. The van der Waals surface area contributed by atoms with Crippen molar-refractivity contribution in [3.05, 3.63) is 295 Å². The van der Waals surface area contributed by atoms with Gasteiger partial charge in [0.1, 0.15) is 0 Å². The first-order chi connectivity index (χ1) is 52.5. The van der Waals surface area contributed by atoms with Gasteiger partial charge in [-0.25, -0.2) is 95.9 Å². The van der Waals surface area contributed by atoms with Gasteiger partial charge in [-0.2, -0.15) is 0 Å². The third-order valence-electron chi connectivity index (χ3n) is 18.9. The molecule has 21 rings (SSSR count). The van der Waals surface area contributed by atoms with Crippen molar-refractivity contribution in [1.29, 1.82) is 0 Å². The minimum absolute atomic E-state index is 0.0154. The molecule has 110 heavy (non-hydrogen) atoms. The van der Waals surface area contributed by atoms with Gasteiger partial charge < -0.3 is 50.8 Å². The van der Waals surface area contributed by atoms with Crippen molar-refractivity contribution in [3.63, 3.8) is 0 Å². The first kappa shape index (κ1) is 68.4. The average molecular weight is 1490 g/mol. The molecule has 8 aromatic carbocycles. The number of carbonyl (C=O) groups is 15. The standard InChI is InChI=1S/C17H6O7.C16H6O6.C14H4O6.2C10H2O6.C9H8O3/c18-13(7-1-3-9-11(5-7)16(21)23-14(9)19)8-2-4-10-12(6-8)17(22)24-15(10)20;17-13-9-3-1-7(5-11(9)15(19)21-13)8-2-4-10-12(6-8)16(20)22-14(10)18;15-11-5-1-2-6-10-8(14(18)20-12(6)16)4-3-7(9(5)10)13(17)19-11;2*11-7-3-1-4-6(10(14)16-8(4)12)2-5(3)9(13)15-7;10-8-6-4-1-2-5(3-4)7(6)9(11)12-8/h1-6H;1-6H;1-4H;2*1-2H;1-2,4-7H,3H2/t;;;;;4-,5?,6+,7-/m.....0/s1. The molecule has 12 aromatic rings. The minimum Gasteiger partial charge on any atom is -0.393 e.